The second-order valence-electron chi connectivity index (χ2n) is 12.7. The minimum Gasteiger partial charge on any atom is -0.491 e. The van der Waals surface area contributed by atoms with Gasteiger partial charge >= 0.3 is 5.97 Å². The van der Waals surface area contributed by atoms with Gasteiger partial charge in [0.1, 0.15) is 18.4 Å². The van der Waals surface area contributed by atoms with Gasteiger partial charge in [0.05, 0.1) is 71.9 Å². The van der Waals surface area contributed by atoms with E-state index in [2.05, 4.69) is 31.3 Å². The van der Waals surface area contributed by atoms with Crippen LogP contribution in [0.5, 0.6) is 5.75 Å². The molecule has 0 radical (unpaired) electrons. The van der Waals surface area contributed by atoms with E-state index in [4.69, 9.17) is 40.4 Å². The van der Waals surface area contributed by atoms with Gasteiger partial charge in [0.25, 0.3) is 0 Å². The number of carbonyl (C=O) groups is 4. The van der Waals surface area contributed by atoms with Crippen LogP contribution in [-0.4, -0.2) is 120 Å². The molecule has 2 atom stereocenters. The number of aliphatic carboxylic acids is 1. The standard InChI is InChI=1S/C39H53N9O10/c1-27(49)46-33(7-4-14-43-39(40)41)38(53)44-26-36(50)47-34(25-37(51)52)29-10-8-28(9-11-29)30-12-13-35(32-6-3-2-5-31(30)32)58-24-23-57-22-21-56-20-19-55-18-17-54-16-15-45-48-42/h2-3,5-6,8-13,33-34H,4,7,14-26H2,1H3,(H,44,53)(H,46,49)(H,47,50)(H,51,52)(H4,40,41,43). The molecule has 3 aromatic rings. The number of fused-ring (bicyclic) bond motifs is 1. The molecule has 3 aromatic carbocycles. The number of azide groups is 1. The van der Waals surface area contributed by atoms with E-state index in [1.807, 2.05) is 48.5 Å². The van der Waals surface area contributed by atoms with Gasteiger partial charge in [0.15, 0.2) is 5.96 Å². The number of ether oxygens (including phenoxy) is 5. The number of nitrogens with zero attached hydrogens (tertiary/aromatic N) is 3. The molecule has 3 amide bonds. The molecule has 0 aliphatic heterocycles. The summed E-state index contributed by atoms with van der Waals surface area (Å²) in [5, 5.41) is 32.4. The fourth-order valence-electron chi connectivity index (χ4n) is 5.67. The van der Waals surface area contributed by atoms with Crippen molar-refractivity contribution in [2.24, 2.45) is 10.8 Å². The number of benzene rings is 3. The lowest BCUT2D eigenvalue weighted by molar-refractivity contribution is -0.138. The molecule has 0 aliphatic rings. The first-order valence-electron chi connectivity index (χ1n) is 18.8. The van der Waals surface area contributed by atoms with E-state index in [0.29, 0.717) is 90.3 Å². The van der Waals surface area contributed by atoms with Crippen molar-refractivity contribution in [2.75, 3.05) is 79.1 Å². The monoisotopic (exact) mass is 807 g/mol. The maximum absolute atomic E-state index is 12.9. The highest BCUT2D eigenvalue weighted by Crippen LogP contribution is 2.35. The summed E-state index contributed by atoms with van der Waals surface area (Å²) in [5.74, 6) is -2.25. The molecule has 0 saturated heterocycles. The molecule has 0 aliphatic carbocycles. The SMILES string of the molecule is CC(=O)NC(CCCNC(=N)N)C(=O)NCC(=O)NC(CC(=O)O)c1ccc(-c2ccc(OCCOCCOCCOCCOCCN=[N+]=[N-])c3ccccc23)cc1. The molecule has 0 bridgehead atoms. The van der Waals surface area contributed by atoms with Crippen LogP contribution in [-0.2, 0) is 38.1 Å². The van der Waals surface area contributed by atoms with E-state index in [0.717, 1.165) is 21.9 Å². The van der Waals surface area contributed by atoms with Crippen LogP contribution >= 0.6 is 0 Å². The van der Waals surface area contributed by atoms with Crippen molar-refractivity contribution >= 4 is 40.4 Å². The summed E-state index contributed by atoms with van der Waals surface area (Å²) in [6, 6.07) is 17.1. The van der Waals surface area contributed by atoms with Crippen LogP contribution in [0.15, 0.2) is 65.8 Å². The summed E-state index contributed by atoms with van der Waals surface area (Å²) in [5.41, 5.74) is 15.8. The Morgan fingerprint density at radius 1 is 0.828 bits per heavy atom. The predicted octanol–water partition coefficient (Wildman–Crippen LogP) is 2.78. The third kappa shape index (κ3) is 17.9. The van der Waals surface area contributed by atoms with Crippen molar-refractivity contribution in [3.8, 4) is 16.9 Å². The number of guanidine groups is 1. The van der Waals surface area contributed by atoms with Crippen molar-refractivity contribution in [2.45, 2.75) is 38.3 Å². The lowest BCUT2D eigenvalue weighted by Gasteiger charge is -2.20. The maximum atomic E-state index is 12.9. The van der Waals surface area contributed by atoms with Crippen molar-refractivity contribution < 1.29 is 48.0 Å². The summed E-state index contributed by atoms with van der Waals surface area (Å²) in [4.78, 5) is 51.7. The van der Waals surface area contributed by atoms with E-state index in [-0.39, 0.29) is 12.4 Å². The molecule has 8 N–H and O–H groups in total. The first-order chi connectivity index (χ1) is 28.1. The van der Waals surface area contributed by atoms with Crippen LogP contribution < -0.4 is 31.7 Å². The summed E-state index contributed by atoms with van der Waals surface area (Å²) >= 11 is 0. The predicted molar refractivity (Wildman–Crippen MR) is 215 cm³/mol. The number of hydrogen-bond donors (Lipinski definition) is 7. The van der Waals surface area contributed by atoms with Crippen LogP contribution in [0.25, 0.3) is 32.3 Å². The Labute approximate surface area is 336 Å². The van der Waals surface area contributed by atoms with Gasteiger partial charge in [0, 0.05) is 30.3 Å². The Bertz CT molecular complexity index is 1820. The quantitative estimate of drug-likeness (QED) is 0.0133. The van der Waals surface area contributed by atoms with E-state index in [1.165, 1.54) is 6.92 Å². The molecule has 19 heteroatoms. The van der Waals surface area contributed by atoms with Gasteiger partial charge in [-0.3, -0.25) is 24.6 Å². The van der Waals surface area contributed by atoms with Gasteiger partial charge in [-0.15, -0.1) is 0 Å². The number of carbonyl (C=O) groups excluding carboxylic acids is 3. The normalized spacial score (nSPS) is 11.8. The third-order valence-electron chi connectivity index (χ3n) is 8.32. The summed E-state index contributed by atoms with van der Waals surface area (Å²) < 4.78 is 27.9. The first kappa shape index (κ1) is 46.4. The summed E-state index contributed by atoms with van der Waals surface area (Å²) in [7, 11) is 0. The number of rotatable bonds is 29. The van der Waals surface area contributed by atoms with E-state index < -0.39 is 48.7 Å². The smallest absolute Gasteiger partial charge is 0.305 e. The zero-order valence-electron chi connectivity index (χ0n) is 32.6. The highest BCUT2D eigenvalue weighted by Gasteiger charge is 2.22. The number of nitrogens with two attached hydrogens (primary N) is 1. The molecule has 0 spiro atoms. The fraction of sp³-hybridized carbons (Fsp3) is 0.462. The van der Waals surface area contributed by atoms with Gasteiger partial charge in [-0.05, 0) is 46.5 Å². The van der Waals surface area contributed by atoms with Crippen LogP contribution in [0.1, 0.15) is 37.8 Å². The van der Waals surface area contributed by atoms with Crippen LogP contribution in [0.4, 0.5) is 0 Å². The molecule has 3 rings (SSSR count). The van der Waals surface area contributed by atoms with Crippen LogP contribution in [0.2, 0.25) is 0 Å². The van der Waals surface area contributed by atoms with Crippen molar-refractivity contribution in [1.82, 2.24) is 21.3 Å². The average Bonchev–Trinajstić information content (AvgIpc) is 3.20. The lowest BCUT2D eigenvalue weighted by atomic mass is 9.95. The Balaban J connectivity index is 1.49. The zero-order valence-corrected chi connectivity index (χ0v) is 32.6. The molecule has 0 fully saturated rings. The average molecular weight is 808 g/mol. The van der Waals surface area contributed by atoms with Crippen LogP contribution in [0.3, 0.4) is 0 Å². The molecule has 58 heavy (non-hydrogen) atoms. The zero-order chi connectivity index (χ0) is 42.0. The second-order valence-corrected chi connectivity index (χ2v) is 12.7. The Hall–Kier alpha value is -5.98. The molecule has 0 heterocycles. The molecule has 0 saturated carbocycles. The number of amides is 3. The van der Waals surface area contributed by atoms with E-state index in [9.17, 15) is 24.3 Å². The maximum Gasteiger partial charge on any atom is 0.305 e. The minimum absolute atomic E-state index is 0.213. The van der Waals surface area contributed by atoms with Gasteiger partial charge in [0.2, 0.25) is 17.7 Å². The van der Waals surface area contributed by atoms with E-state index in [1.54, 1.807) is 12.1 Å². The molecular weight excluding hydrogens is 754 g/mol. The fourth-order valence-corrected chi connectivity index (χ4v) is 5.67. The molecule has 0 aromatic heterocycles. The number of carboxylic acid groups (broad SMARTS) is 1. The minimum atomic E-state index is -1.12. The number of hydrogen-bond acceptors (Lipinski definition) is 11. The highest BCUT2D eigenvalue weighted by atomic mass is 16.6. The van der Waals surface area contributed by atoms with Crippen molar-refractivity contribution in [3.05, 3.63) is 76.7 Å². The number of carboxylic acids is 1. The first-order valence-corrected chi connectivity index (χ1v) is 18.8. The lowest BCUT2D eigenvalue weighted by Crippen LogP contribution is -2.49. The molecular formula is C39H53N9O10. The third-order valence-corrected chi connectivity index (χ3v) is 8.32. The van der Waals surface area contributed by atoms with Gasteiger partial charge in [-0.2, -0.15) is 0 Å². The number of nitrogens with one attached hydrogen (secondary N) is 5. The van der Waals surface area contributed by atoms with Gasteiger partial charge in [-0.25, -0.2) is 0 Å². The second kappa shape index (κ2) is 26.8. The highest BCUT2D eigenvalue weighted by molar-refractivity contribution is 6.00. The summed E-state index contributed by atoms with van der Waals surface area (Å²) in [6.45, 7) is 5.01. The Morgan fingerprint density at radius 3 is 2.05 bits per heavy atom. The molecule has 314 valence electrons. The molecule has 2 unspecified atom stereocenters. The van der Waals surface area contributed by atoms with E-state index >= 15 is 0 Å². The van der Waals surface area contributed by atoms with Crippen molar-refractivity contribution in [3.63, 3.8) is 0 Å². The topological polar surface area (TPSA) is 281 Å². The molecule has 19 nitrogen and oxygen atoms in total. The summed E-state index contributed by atoms with van der Waals surface area (Å²) in [6.07, 6.45) is 0.264. The largest absolute Gasteiger partial charge is 0.491 e. The Kier molecular flexibility index (Phi) is 21.4. The van der Waals surface area contributed by atoms with Gasteiger partial charge in [-0.1, -0.05) is 59.7 Å². The van der Waals surface area contributed by atoms with Crippen molar-refractivity contribution in [1.29, 1.82) is 5.41 Å². The van der Waals surface area contributed by atoms with Gasteiger partial charge < -0.3 is 55.8 Å². The van der Waals surface area contributed by atoms with Crippen LogP contribution in [0, 0.1) is 5.41 Å². The Morgan fingerprint density at radius 2 is 1.45 bits per heavy atom.